The molecule has 0 unspecified atom stereocenters. The zero-order valence-corrected chi connectivity index (χ0v) is 10.5. The van der Waals surface area contributed by atoms with Gasteiger partial charge in [0, 0.05) is 38.4 Å². The molecule has 0 spiro atoms. The smallest absolute Gasteiger partial charge is 0.396 e. The van der Waals surface area contributed by atoms with Gasteiger partial charge in [-0.2, -0.15) is 18.3 Å². The number of hydrogen-bond donors (Lipinski definition) is 2. The predicted octanol–water partition coefficient (Wildman–Crippen LogP) is 0.963. The highest BCUT2D eigenvalue weighted by atomic mass is 19.4. The molecule has 1 aromatic heterocycles. The second-order valence-corrected chi connectivity index (χ2v) is 4.07. The normalized spacial score (nSPS) is 11.6. The number of halogens is 3. The Morgan fingerprint density at radius 1 is 1.53 bits per heavy atom. The van der Waals surface area contributed by atoms with Crippen molar-refractivity contribution >= 4 is 5.91 Å². The molecule has 0 aliphatic heterocycles. The fourth-order valence-electron chi connectivity index (χ4n) is 1.62. The number of aliphatic hydroxyl groups is 1. The maximum Gasteiger partial charge on any atom is 0.435 e. The number of aliphatic hydroxyl groups excluding tert-OH is 1. The number of amides is 1. The van der Waals surface area contributed by atoms with Crippen molar-refractivity contribution in [3.63, 3.8) is 0 Å². The number of carbonyl (C=O) groups excluding carboxylic acids is 1. The van der Waals surface area contributed by atoms with E-state index in [9.17, 15) is 18.0 Å². The predicted molar refractivity (Wildman–Crippen MR) is 61.3 cm³/mol. The molecule has 1 amide bonds. The lowest BCUT2D eigenvalue weighted by Crippen LogP contribution is -2.22. The van der Waals surface area contributed by atoms with Gasteiger partial charge in [-0.15, -0.1) is 0 Å². The van der Waals surface area contributed by atoms with Gasteiger partial charge in [0.15, 0.2) is 5.69 Å². The second kappa shape index (κ2) is 6.55. The van der Waals surface area contributed by atoms with Crippen LogP contribution in [-0.4, -0.2) is 33.9 Å². The van der Waals surface area contributed by atoms with Gasteiger partial charge in [-0.3, -0.25) is 9.48 Å². The summed E-state index contributed by atoms with van der Waals surface area (Å²) in [5.74, 6) is -0.183. The SMILES string of the molecule is CC(=O)NCCCn1cc(CCO)c(C(F)(F)F)n1. The Labute approximate surface area is 108 Å². The quantitative estimate of drug-likeness (QED) is 0.762. The van der Waals surface area contributed by atoms with Crippen LogP contribution in [0.2, 0.25) is 0 Å². The number of aromatic nitrogens is 2. The van der Waals surface area contributed by atoms with Gasteiger partial charge in [0.1, 0.15) is 0 Å². The molecule has 108 valence electrons. The first kappa shape index (κ1) is 15.5. The van der Waals surface area contributed by atoms with Gasteiger partial charge in [-0.05, 0) is 12.8 Å². The van der Waals surface area contributed by atoms with Gasteiger partial charge in [-0.25, -0.2) is 0 Å². The Hall–Kier alpha value is -1.57. The van der Waals surface area contributed by atoms with Crippen LogP contribution < -0.4 is 5.32 Å². The minimum absolute atomic E-state index is 0.0190. The van der Waals surface area contributed by atoms with Crippen molar-refractivity contribution < 1.29 is 23.1 Å². The minimum Gasteiger partial charge on any atom is -0.396 e. The van der Waals surface area contributed by atoms with Crippen molar-refractivity contribution in [1.29, 1.82) is 0 Å². The van der Waals surface area contributed by atoms with E-state index >= 15 is 0 Å². The number of nitrogens with zero attached hydrogens (tertiary/aromatic N) is 2. The number of hydrogen-bond acceptors (Lipinski definition) is 3. The molecule has 0 fully saturated rings. The van der Waals surface area contributed by atoms with Crippen LogP contribution in [-0.2, 0) is 23.9 Å². The van der Waals surface area contributed by atoms with E-state index in [1.54, 1.807) is 0 Å². The second-order valence-electron chi connectivity index (χ2n) is 4.07. The molecule has 0 bridgehead atoms. The Morgan fingerprint density at radius 2 is 2.21 bits per heavy atom. The summed E-state index contributed by atoms with van der Waals surface area (Å²) in [5.41, 5.74) is -0.976. The maximum atomic E-state index is 12.7. The fraction of sp³-hybridized carbons (Fsp3) is 0.636. The highest BCUT2D eigenvalue weighted by molar-refractivity contribution is 5.72. The molecule has 8 heteroatoms. The zero-order valence-electron chi connectivity index (χ0n) is 10.5. The van der Waals surface area contributed by atoms with Gasteiger partial charge >= 0.3 is 6.18 Å². The molecule has 0 saturated heterocycles. The third-order valence-corrected chi connectivity index (χ3v) is 2.43. The molecule has 5 nitrogen and oxygen atoms in total. The van der Waals surface area contributed by atoms with Crippen LogP contribution in [0.1, 0.15) is 24.6 Å². The first-order chi connectivity index (χ1) is 8.84. The molecule has 2 N–H and O–H groups in total. The fourth-order valence-corrected chi connectivity index (χ4v) is 1.62. The third kappa shape index (κ3) is 4.90. The molecule has 0 atom stereocenters. The lowest BCUT2D eigenvalue weighted by atomic mass is 10.2. The third-order valence-electron chi connectivity index (χ3n) is 2.43. The van der Waals surface area contributed by atoms with Crippen molar-refractivity contribution in [2.45, 2.75) is 32.5 Å². The van der Waals surface area contributed by atoms with Crippen LogP contribution in [0.15, 0.2) is 6.20 Å². The first-order valence-corrected chi connectivity index (χ1v) is 5.83. The van der Waals surface area contributed by atoms with Gasteiger partial charge in [0.25, 0.3) is 0 Å². The van der Waals surface area contributed by atoms with Crippen molar-refractivity contribution in [2.24, 2.45) is 0 Å². The van der Waals surface area contributed by atoms with Crippen molar-refractivity contribution in [3.05, 3.63) is 17.5 Å². The summed E-state index contributed by atoms with van der Waals surface area (Å²) in [6.45, 7) is 1.66. The Balaban J connectivity index is 2.67. The van der Waals surface area contributed by atoms with Crippen molar-refractivity contribution in [2.75, 3.05) is 13.2 Å². The zero-order chi connectivity index (χ0) is 14.5. The van der Waals surface area contributed by atoms with E-state index in [2.05, 4.69) is 10.4 Å². The van der Waals surface area contributed by atoms with E-state index in [4.69, 9.17) is 5.11 Å². The summed E-state index contributed by atoms with van der Waals surface area (Å²) in [6.07, 6.45) is -2.84. The van der Waals surface area contributed by atoms with Crippen LogP contribution in [0, 0.1) is 0 Å². The summed E-state index contributed by atoms with van der Waals surface area (Å²) >= 11 is 0. The summed E-state index contributed by atoms with van der Waals surface area (Å²) < 4.78 is 39.2. The Bertz CT molecular complexity index is 429. The Morgan fingerprint density at radius 3 is 2.74 bits per heavy atom. The van der Waals surface area contributed by atoms with Crippen LogP contribution in [0.3, 0.4) is 0 Å². The van der Waals surface area contributed by atoms with Crippen LogP contribution >= 0.6 is 0 Å². The van der Waals surface area contributed by atoms with Gasteiger partial charge in [-0.1, -0.05) is 0 Å². The highest BCUT2D eigenvalue weighted by Gasteiger charge is 2.36. The molecule has 0 radical (unpaired) electrons. The monoisotopic (exact) mass is 279 g/mol. The standard InChI is InChI=1S/C11H16F3N3O2/c1-8(19)15-4-2-5-17-7-9(3-6-18)10(16-17)11(12,13)14/h7,18H,2-6H2,1H3,(H,15,19). The maximum absolute atomic E-state index is 12.7. The lowest BCUT2D eigenvalue weighted by Gasteiger charge is -2.04. The molecular weight excluding hydrogens is 263 g/mol. The molecule has 0 aromatic carbocycles. The summed E-state index contributed by atoms with van der Waals surface area (Å²) in [6, 6.07) is 0. The lowest BCUT2D eigenvalue weighted by molar-refractivity contribution is -0.142. The molecule has 1 rings (SSSR count). The van der Waals surface area contributed by atoms with Crippen LogP contribution in [0.25, 0.3) is 0 Å². The first-order valence-electron chi connectivity index (χ1n) is 5.83. The van der Waals surface area contributed by atoms with Gasteiger partial charge in [0.05, 0.1) is 0 Å². The molecule has 1 aromatic rings. The van der Waals surface area contributed by atoms with E-state index in [1.807, 2.05) is 0 Å². The molecule has 0 aliphatic carbocycles. The number of carbonyl (C=O) groups is 1. The topological polar surface area (TPSA) is 67.2 Å². The van der Waals surface area contributed by atoms with Crippen LogP contribution in [0.5, 0.6) is 0 Å². The van der Waals surface area contributed by atoms with Gasteiger partial charge < -0.3 is 10.4 Å². The summed E-state index contributed by atoms with van der Waals surface area (Å²) in [7, 11) is 0. The van der Waals surface area contributed by atoms with E-state index in [1.165, 1.54) is 17.8 Å². The minimum atomic E-state index is -4.52. The largest absolute Gasteiger partial charge is 0.435 e. The molecule has 0 saturated carbocycles. The van der Waals surface area contributed by atoms with Crippen molar-refractivity contribution in [1.82, 2.24) is 15.1 Å². The molecule has 19 heavy (non-hydrogen) atoms. The summed E-state index contributed by atoms with van der Waals surface area (Å²) in [5, 5.41) is 14.8. The molecule has 1 heterocycles. The number of rotatable bonds is 6. The van der Waals surface area contributed by atoms with E-state index < -0.39 is 11.9 Å². The molecular formula is C11H16F3N3O2. The van der Waals surface area contributed by atoms with Gasteiger partial charge in [0.2, 0.25) is 5.91 Å². The van der Waals surface area contributed by atoms with E-state index in [-0.39, 0.29) is 31.0 Å². The average Bonchev–Trinajstić information content (AvgIpc) is 2.68. The number of alkyl halides is 3. The number of aryl methyl sites for hydroxylation is 1. The number of nitrogens with one attached hydrogen (secondary N) is 1. The van der Waals surface area contributed by atoms with Crippen molar-refractivity contribution in [3.8, 4) is 0 Å². The van der Waals surface area contributed by atoms with Crippen LogP contribution in [0.4, 0.5) is 13.2 Å². The summed E-state index contributed by atoms with van der Waals surface area (Å²) in [4.78, 5) is 10.6. The Kier molecular flexibility index (Phi) is 5.34. The van der Waals surface area contributed by atoms with E-state index in [0.29, 0.717) is 13.0 Å². The molecule has 0 aliphatic rings. The highest BCUT2D eigenvalue weighted by Crippen LogP contribution is 2.30. The average molecular weight is 279 g/mol. The van der Waals surface area contributed by atoms with E-state index in [0.717, 1.165) is 0 Å².